The van der Waals surface area contributed by atoms with Crippen molar-refractivity contribution in [2.45, 2.75) is 0 Å². The highest BCUT2D eigenvalue weighted by Gasteiger charge is 2.08. The van der Waals surface area contributed by atoms with E-state index in [1.807, 2.05) is 35.7 Å². The van der Waals surface area contributed by atoms with E-state index in [9.17, 15) is 0 Å². The molecule has 0 radical (unpaired) electrons. The topological polar surface area (TPSA) is 37.3 Å². The molecule has 0 fully saturated rings. The number of benzene rings is 1. The quantitative estimate of drug-likeness (QED) is 0.811. The van der Waals surface area contributed by atoms with Gasteiger partial charge in [-0.05, 0) is 18.2 Å². The Hall–Kier alpha value is -1.94. The van der Waals surface area contributed by atoms with Crippen LogP contribution in [0.25, 0.3) is 5.70 Å². The monoisotopic (exact) mass is 227 g/mol. The van der Waals surface area contributed by atoms with Gasteiger partial charge in [0, 0.05) is 17.8 Å². The van der Waals surface area contributed by atoms with Gasteiger partial charge in [-0.2, -0.15) is 0 Å². The lowest BCUT2D eigenvalue weighted by Crippen LogP contribution is -1.97. The van der Waals surface area contributed by atoms with Crippen molar-refractivity contribution in [2.75, 3.05) is 5.32 Å². The molecule has 3 rings (SSSR count). The summed E-state index contributed by atoms with van der Waals surface area (Å²) in [5, 5.41) is 6.29. The Kier molecular flexibility index (Phi) is 2.27. The van der Waals surface area contributed by atoms with E-state index in [2.05, 4.69) is 15.3 Å². The Morgan fingerprint density at radius 2 is 2.12 bits per heavy atom. The zero-order valence-corrected chi connectivity index (χ0v) is 9.24. The minimum absolute atomic E-state index is 0.949. The Labute approximate surface area is 97.2 Å². The maximum atomic E-state index is 4.36. The summed E-state index contributed by atoms with van der Waals surface area (Å²) in [5.74, 6) is 0. The number of aromatic nitrogens is 1. The van der Waals surface area contributed by atoms with Gasteiger partial charge in [0.15, 0.2) is 0 Å². The molecule has 3 nitrogen and oxygen atoms in total. The van der Waals surface area contributed by atoms with Crippen LogP contribution in [0.3, 0.4) is 0 Å². The molecule has 0 saturated heterocycles. The summed E-state index contributed by atoms with van der Waals surface area (Å²) in [4.78, 5) is 8.64. The molecule has 1 aromatic carbocycles. The number of allylic oxidation sites excluding steroid dienone is 1. The van der Waals surface area contributed by atoms with Gasteiger partial charge in [0.05, 0.1) is 17.1 Å². The molecule has 0 spiro atoms. The predicted octanol–water partition coefficient (Wildman–Crippen LogP) is 3.31. The molecule has 1 aliphatic heterocycles. The van der Waals surface area contributed by atoms with Crippen molar-refractivity contribution >= 4 is 34.6 Å². The number of anilines is 1. The molecule has 2 heterocycles. The average molecular weight is 227 g/mol. The second kappa shape index (κ2) is 3.90. The van der Waals surface area contributed by atoms with E-state index >= 15 is 0 Å². The molecule has 1 aromatic heterocycles. The largest absolute Gasteiger partial charge is 0.351 e. The van der Waals surface area contributed by atoms with Gasteiger partial charge in [0.25, 0.3) is 0 Å². The van der Waals surface area contributed by atoms with Crippen LogP contribution in [0, 0.1) is 0 Å². The van der Waals surface area contributed by atoms with Crippen molar-refractivity contribution < 1.29 is 0 Å². The van der Waals surface area contributed by atoms with Crippen LogP contribution in [0.5, 0.6) is 0 Å². The molecule has 16 heavy (non-hydrogen) atoms. The summed E-state index contributed by atoms with van der Waals surface area (Å²) in [6.45, 7) is 0. The van der Waals surface area contributed by atoms with E-state index in [-0.39, 0.29) is 0 Å². The van der Waals surface area contributed by atoms with Crippen molar-refractivity contribution in [2.24, 2.45) is 4.99 Å². The van der Waals surface area contributed by atoms with Crippen LogP contribution in [-0.4, -0.2) is 11.2 Å². The highest BCUT2D eigenvalue weighted by Crippen LogP contribution is 2.30. The van der Waals surface area contributed by atoms with E-state index in [4.69, 9.17) is 0 Å². The van der Waals surface area contributed by atoms with Crippen LogP contribution in [0.15, 0.2) is 46.9 Å². The molecule has 1 aliphatic rings. The molecule has 0 saturated carbocycles. The SMILES string of the molecule is C1=Nc2ccccc2NC(c2nccs2)=C1. The molecular formula is C12H9N3S. The van der Waals surface area contributed by atoms with Gasteiger partial charge in [-0.15, -0.1) is 11.3 Å². The number of hydrogen-bond donors (Lipinski definition) is 1. The van der Waals surface area contributed by atoms with Crippen LogP contribution >= 0.6 is 11.3 Å². The van der Waals surface area contributed by atoms with Gasteiger partial charge in [-0.1, -0.05) is 12.1 Å². The summed E-state index contributed by atoms with van der Waals surface area (Å²) >= 11 is 1.61. The molecule has 0 aliphatic carbocycles. The molecule has 78 valence electrons. The van der Waals surface area contributed by atoms with Crippen LogP contribution in [-0.2, 0) is 0 Å². The summed E-state index contributed by atoms with van der Waals surface area (Å²) in [6.07, 6.45) is 5.55. The Morgan fingerprint density at radius 3 is 3.00 bits per heavy atom. The van der Waals surface area contributed by atoms with Crippen molar-refractivity contribution in [3.05, 3.63) is 46.9 Å². The standard InChI is InChI=1S/C12H9N3S/c1-2-4-10-9(3-1)13-6-5-11(15-10)12-14-7-8-16-12/h1-8,15H. The third kappa shape index (κ3) is 1.63. The number of rotatable bonds is 1. The normalized spacial score (nSPS) is 13.6. The fourth-order valence-electron chi connectivity index (χ4n) is 1.55. The molecule has 0 unspecified atom stereocenters. The van der Waals surface area contributed by atoms with Crippen LogP contribution in [0.2, 0.25) is 0 Å². The van der Waals surface area contributed by atoms with Gasteiger partial charge >= 0.3 is 0 Å². The van der Waals surface area contributed by atoms with E-state index < -0.39 is 0 Å². The third-order valence-corrected chi connectivity index (χ3v) is 3.10. The number of hydrogen-bond acceptors (Lipinski definition) is 4. The number of thiazole rings is 1. The maximum absolute atomic E-state index is 4.36. The molecule has 1 N–H and O–H groups in total. The summed E-state index contributed by atoms with van der Waals surface area (Å²) in [5.41, 5.74) is 2.95. The molecule has 0 amide bonds. The second-order valence-corrected chi connectivity index (χ2v) is 4.23. The molecule has 0 atom stereocenters. The fraction of sp³-hybridized carbons (Fsp3) is 0. The van der Waals surface area contributed by atoms with Gasteiger partial charge in [0.1, 0.15) is 5.01 Å². The van der Waals surface area contributed by atoms with Crippen LogP contribution in [0.1, 0.15) is 5.01 Å². The first-order valence-corrected chi connectivity index (χ1v) is 5.82. The number of nitrogens with one attached hydrogen (secondary N) is 1. The highest BCUT2D eigenvalue weighted by molar-refractivity contribution is 7.10. The number of aliphatic imine (C=N–C) groups is 1. The zero-order valence-electron chi connectivity index (χ0n) is 8.42. The molecule has 2 aromatic rings. The summed E-state index contributed by atoms with van der Waals surface area (Å²) < 4.78 is 0. The van der Waals surface area contributed by atoms with Crippen molar-refractivity contribution in [3.63, 3.8) is 0 Å². The van der Waals surface area contributed by atoms with Gasteiger partial charge < -0.3 is 5.32 Å². The van der Waals surface area contributed by atoms with Gasteiger partial charge in [0.2, 0.25) is 0 Å². The highest BCUT2D eigenvalue weighted by atomic mass is 32.1. The molecule has 0 bridgehead atoms. The second-order valence-electron chi connectivity index (χ2n) is 3.34. The lowest BCUT2D eigenvalue weighted by molar-refractivity contribution is 1.36. The maximum Gasteiger partial charge on any atom is 0.139 e. The number of nitrogens with zero attached hydrogens (tertiary/aromatic N) is 2. The van der Waals surface area contributed by atoms with Crippen LogP contribution < -0.4 is 5.32 Å². The first-order valence-electron chi connectivity index (χ1n) is 4.94. The first kappa shape index (κ1) is 9.30. The fourth-order valence-corrected chi connectivity index (χ4v) is 2.17. The lowest BCUT2D eigenvalue weighted by Gasteiger charge is -2.07. The van der Waals surface area contributed by atoms with E-state index in [0.717, 1.165) is 22.1 Å². The molecular weight excluding hydrogens is 218 g/mol. The van der Waals surface area contributed by atoms with Crippen molar-refractivity contribution in [1.82, 2.24) is 4.98 Å². The Bertz CT molecular complexity index is 555. The lowest BCUT2D eigenvalue weighted by atomic mass is 10.2. The minimum atomic E-state index is 0.949. The minimum Gasteiger partial charge on any atom is -0.351 e. The van der Waals surface area contributed by atoms with Crippen LogP contribution in [0.4, 0.5) is 11.4 Å². The zero-order chi connectivity index (χ0) is 10.8. The molecule has 4 heteroatoms. The summed E-state index contributed by atoms with van der Waals surface area (Å²) in [6, 6.07) is 7.97. The Balaban J connectivity index is 2.03. The van der Waals surface area contributed by atoms with Gasteiger partial charge in [-0.25, -0.2) is 4.98 Å². The third-order valence-electron chi connectivity index (χ3n) is 2.29. The number of para-hydroxylation sites is 2. The predicted molar refractivity (Wildman–Crippen MR) is 68.3 cm³/mol. The van der Waals surface area contributed by atoms with Crippen molar-refractivity contribution in [1.29, 1.82) is 0 Å². The van der Waals surface area contributed by atoms with E-state index in [1.54, 1.807) is 23.7 Å². The number of fused-ring (bicyclic) bond motifs is 1. The summed E-state index contributed by atoms with van der Waals surface area (Å²) in [7, 11) is 0. The smallest absolute Gasteiger partial charge is 0.139 e. The first-order chi connectivity index (χ1) is 7.93. The van der Waals surface area contributed by atoms with Crippen molar-refractivity contribution in [3.8, 4) is 0 Å². The Morgan fingerprint density at radius 1 is 1.19 bits per heavy atom. The van der Waals surface area contributed by atoms with E-state index in [0.29, 0.717) is 0 Å². The average Bonchev–Trinajstić information content (AvgIpc) is 2.75. The van der Waals surface area contributed by atoms with E-state index in [1.165, 1.54) is 0 Å². The van der Waals surface area contributed by atoms with Gasteiger partial charge in [-0.3, -0.25) is 4.99 Å².